The quantitative estimate of drug-likeness (QED) is 0.545. The summed E-state index contributed by atoms with van der Waals surface area (Å²) >= 11 is 0. The SMILES string of the molecule is CC(C)(C)OC(=O)NCCCC[C@H](N)C(=O)NC(c1ccccc1)c1ccccc1. The number of nitrogens with two attached hydrogens (primary N) is 1. The van der Waals surface area contributed by atoms with Crippen LogP contribution in [0.3, 0.4) is 0 Å². The van der Waals surface area contributed by atoms with Crippen LogP contribution in [0.25, 0.3) is 0 Å². The molecule has 0 aliphatic rings. The molecular formula is C24H33N3O3. The molecule has 2 aromatic carbocycles. The number of amides is 2. The fourth-order valence-corrected chi connectivity index (χ4v) is 3.02. The predicted molar refractivity (Wildman–Crippen MR) is 119 cm³/mol. The van der Waals surface area contributed by atoms with Crippen molar-refractivity contribution >= 4 is 12.0 Å². The van der Waals surface area contributed by atoms with Crippen LogP contribution in [0.4, 0.5) is 4.79 Å². The summed E-state index contributed by atoms with van der Waals surface area (Å²) in [4.78, 5) is 24.3. The number of benzene rings is 2. The third kappa shape index (κ3) is 8.25. The molecule has 2 rings (SSSR count). The van der Waals surface area contributed by atoms with Gasteiger partial charge in [0.1, 0.15) is 5.60 Å². The van der Waals surface area contributed by atoms with Crippen molar-refractivity contribution in [1.29, 1.82) is 0 Å². The molecule has 162 valence electrons. The van der Waals surface area contributed by atoms with Gasteiger partial charge >= 0.3 is 6.09 Å². The molecule has 0 saturated carbocycles. The number of alkyl carbamates (subject to hydrolysis) is 1. The molecule has 0 fully saturated rings. The van der Waals surface area contributed by atoms with E-state index in [1.165, 1.54) is 0 Å². The lowest BCUT2D eigenvalue weighted by Crippen LogP contribution is -2.42. The van der Waals surface area contributed by atoms with Crippen molar-refractivity contribution in [2.75, 3.05) is 6.54 Å². The van der Waals surface area contributed by atoms with Gasteiger partial charge in [-0.1, -0.05) is 60.7 Å². The number of hydrogen-bond acceptors (Lipinski definition) is 4. The van der Waals surface area contributed by atoms with Crippen molar-refractivity contribution in [2.45, 2.75) is 57.7 Å². The third-order valence-electron chi connectivity index (χ3n) is 4.50. The summed E-state index contributed by atoms with van der Waals surface area (Å²) in [5, 5.41) is 5.80. The second kappa shape index (κ2) is 11.4. The highest BCUT2D eigenvalue weighted by Gasteiger charge is 2.20. The molecule has 0 saturated heterocycles. The monoisotopic (exact) mass is 411 g/mol. The van der Waals surface area contributed by atoms with Gasteiger partial charge in [-0.3, -0.25) is 4.79 Å². The van der Waals surface area contributed by atoms with Crippen LogP contribution in [-0.2, 0) is 9.53 Å². The number of carbonyl (C=O) groups excluding carboxylic acids is 2. The van der Waals surface area contributed by atoms with E-state index in [9.17, 15) is 9.59 Å². The van der Waals surface area contributed by atoms with Gasteiger partial charge in [0.25, 0.3) is 0 Å². The summed E-state index contributed by atoms with van der Waals surface area (Å²) in [7, 11) is 0. The van der Waals surface area contributed by atoms with E-state index in [-0.39, 0.29) is 11.9 Å². The summed E-state index contributed by atoms with van der Waals surface area (Å²) < 4.78 is 5.19. The van der Waals surface area contributed by atoms with Crippen LogP contribution in [0.1, 0.15) is 57.2 Å². The van der Waals surface area contributed by atoms with Gasteiger partial charge in [-0.2, -0.15) is 0 Å². The van der Waals surface area contributed by atoms with Gasteiger partial charge in [0.2, 0.25) is 5.91 Å². The molecule has 0 bridgehead atoms. The first-order chi connectivity index (χ1) is 14.3. The van der Waals surface area contributed by atoms with Gasteiger partial charge in [0.15, 0.2) is 0 Å². The van der Waals surface area contributed by atoms with E-state index in [1.807, 2.05) is 81.4 Å². The standard InChI is InChI=1S/C24H33N3O3/c1-24(2,3)30-23(29)26-17-11-10-16-20(25)22(28)27-21(18-12-6-4-7-13-18)19-14-8-5-9-15-19/h4-9,12-15,20-21H,10-11,16-17,25H2,1-3H3,(H,26,29)(H,27,28)/t20-/m0/s1. The van der Waals surface area contributed by atoms with Gasteiger partial charge in [0.05, 0.1) is 12.1 Å². The van der Waals surface area contributed by atoms with Crippen LogP contribution in [0.5, 0.6) is 0 Å². The molecule has 6 nitrogen and oxygen atoms in total. The Hall–Kier alpha value is -2.86. The minimum atomic E-state index is -0.610. The van der Waals surface area contributed by atoms with Crippen LogP contribution in [0, 0.1) is 0 Å². The summed E-state index contributed by atoms with van der Waals surface area (Å²) in [5.74, 6) is -0.187. The molecule has 4 N–H and O–H groups in total. The Bertz CT molecular complexity index is 749. The van der Waals surface area contributed by atoms with E-state index in [0.29, 0.717) is 13.0 Å². The molecule has 2 amide bonds. The highest BCUT2D eigenvalue weighted by molar-refractivity contribution is 5.82. The summed E-state index contributed by atoms with van der Waals surface area (Å²) in [6, 6.07) is 18.8. The fraction of sp³-hybridized carbons (Fsp3) is 0.417. The Kier molecular flexibility index (Phi) is 8.87. The number of nitrogens with one attached hydrogen (secondary N) is 2. The lowest BCUT2D eigenvalue weighted by molar-refractivity contribution is -0.123. The van der Waals surface area contributed by atoms with Gasteiger partial charge in [-0.25, -0.2) is 4.79 Å². The zero-order chi connectivity index (χ0) is 22.0. The van der Waals surface area contributed by atoms with Crippen LogP contribution >= 0.6 is 0 Å². The maximum atomic E-state index is 12.7. The van der Waals surface area contributed by atoms with Crippen LogP contribution in [0.2, 0.25) is 0 Å². The molecule has 0 spiro atoms. The van der Waals surface area contributed by atoms with Gasteiger partial charge in [-0.15, -0.1) is 0 Å². The van der Waals surface area contributed by atoms with E-state index in [0.717, 1.165) is 24.0 Å². The van der Waals surface area contributed by atoms with E-state index in [4.69, 9.17) is 10.5 Å². The Labute approximate surface area is 179 Å². The highest BCUT2D eigenvalue weighted by atomic mass is 16.6. The molecule has 2 aromatic rings. The smallest absolute Gasteiger partial charge is 0.407 e. The van der Waals surface area contributed by atoms with Gasteiger partial charge < -0.3 is 21.1 Å². The number of hydrogen-bond donors (Lipinski definition) is 3. The topological polar surface area (TPSA) is 93.4 Å². The normalized spacial score (nSPS) is 12.3. The number of ether oxygens (including phenoxy) is 1. The summed E-state index contributed by atoms with van der Waals surface area (Å²) in [6.45, 7) is 5.95. The van der Waals surface area contributed by atoms with Crippen molar-refractivity contribution < 1.29 is 14.3 Å². The maximum absolute atomic E-state index is 12.7. The second-order valence-corrected chi connectivity index (χ2v) is 8.29. The van der Waals surface area contributed by atoms with Gasteiger partial charge in [-0.05, 0) is 51.2 Å². The first-order valence-corrected chi connectivity index (χ1v) is 10.4. The van der Waals surface area contributed by atoms with Crippen molar-refractivity contribution in [3.05, 3.63) is 71.8 Å². The van der Waals surface area contributed by atoms with E-state index >= 15 is 0 Å². The summed E-state index contributed by atoms with van der Waals surface area (Å²) in [6.07, 6.45) is 1.56. The van der Waals surface area contributed by atoms with Crippen LogP contribution < -0.4 is 16.4 Å². The van der Waals surface area contributed by atoms with Gasteiger partial charge in [0, 0.05) is 6.54 Å². The minimum Gasteiger partial charge on any atom is -0.444 e. The van der Waals surface area contributed by atoms with Crippen molar-refractivity contribution in [1.82, 2.24) is 10.6 Å². The molecule has 0 aromatic heterocycles. The molecule has 0 aliphatic heterocycles. The number of rotatable bonds is 9. The summed E-state index contributed by atoms with van der Waals surface area (Å²) in [5.41, 5.74) is 7.62. The zero-order valence-electron chi connectivity index (χ0n) is 18.1. The highest BCUT2D eigenvalue weighted by Crippen LogP contribution is 2.22. The van der Waals surface area contributed by atoms with Crippen LogP contribution in [-0.4, -0.2) is 30.2 Å². The molecule has 0 radical (unpaired) electrons. The Morgan fingerprint density at radius 3 is 1.97 bits per heavy atom. The second-order valence-electron chi connectivity index (χ2n) is 8.29. The molecule has 0 unspecified atom stereocenters. The average Bonchev–Trinajstić information content (AvgIpc) is 2.71. The molecule has 0 heterocycles. The number of carbonyl (C=O) groups is 2. The first kappa shape index (κ1) is 23.4. The largest absolute Gasteiger partial charge is 0.444 e. The van der Waals surface area contributed by atoms with E-state index < -0.39 is 17.7 Å². The Morgan fingerprint density at radius 2 is 1.47 bits per heavy atom. The molecule has 1 atom stereocenters. The third-order valence-corrected chi connectivity index (χ3v) is 4.50. The molecule has 6 heteroatoms. The predicted octanol–water partition coefficient (Wildman–Crippen LogP) is 3.91. The molecular weight excluding hydrogens is 378 g/mol. The molecule has 30 heavy (non-hydrogen) atoms. The number of unbranched alkanes of at least 4 members (excludes halogenated alkanes) is 1. The Balaban J connectivity index is 1.82. The van der Waals surface area contributed by atoms with E-state index in [1.54, 1.807) is 0 Å². The lowest BCUT2D eigenvalue weighted by Gasteiger charge is -2.22. The average molecular weight is 412 g/mol. The van der Waals surface area contributed by atoms with Crippen molar-refractivity contribution in [3.8, 4) is 0 Å². The van der Waals surface area contributed by atoms with Crippen molar-refractivity contribution in [3.63, 3.8) is 0 Å². The maximum Gasteiger partial charge on any atom is 0.407 e. The van der Waals surface area contributed by atoms with Crippen molar-refractivity contribution in [2.24, 2.45) is 5.73 Å². The minimum absolute atomic E-state index is 0.187. The fourth-order valence-electron chi connectivity index (χ4n) is 3.02. The lowest BCUT2D eigenvalue weighted by atomic mass is 9.98. The molecule has 0 aliphatic carbocycles. The zero-order valence-corrected chi connectivity index (χ0v) is 18.1. The Morgan fingerprint density at radius 1 is 0.933 bits per heavy atom. The van der Waals surface area contributed by atoms with E-state index in [2.05, 4.69) is 10.6 Å². The van der Waals surface area contributed by atoms with Crippen LogP contribution in [0.15, 0.2) is 60.7 Å². The first-order valence-electron chi connectivity index (χ1n) is 10.4.